The van der Waals surface area contributed by atoms with E-state index in [4.69, 9.17) is 9.47 Å². The van der Waals surface area contributed by atoms with E-state index in [1.54, 1.807) is 36.4 Å². The van der Waals surface area contributed by atoms with Gasteiger partial charge in [-0.1, -0.05) is 30.3 Å². The third-order valence-corrected chi connectivity index (χ3v) is 4.93. The summed E-state index contributed by atoms with van der Waals surface area (Å²) >= 11 is 0. The van der Waals surface area contributed by atoms with Gasteiger partial charge in [0, 0.05) is 30.0 Å². The SMILES string of the molecule is COc1cc(OC)cc(N2C(=O)C(Nc3ccc(F)c(F)c3)=C(c3ccccc3)C2=O)c1. The Bertz CT molecular complexity index is 1220. The van der Waals surface area contributed by atoms with Gasteiger partial charge in [0.15, 0.2) is 11.6 Å². The van der Waals surface area contributed by atoms with E-state index < -0.39 is 23.4 Å². The van der Waals surface area contributed by atoms with Crippen molar-refractivity contribution < 1.29 is 27.8 Å². The molecule has 0 aromatic heterocycles. The van der Waals surface area contributed by atoms with Gasteiger partial charge in [0.2, 0.25) is 0 Å². The number of hydrogen-bond acceptors (Lipinski definition) is 5. The molecule has 3 aromatic carbocycles. The summed E-state index contributed by atoms with van der Waals surface area (Å²) in [5.74, 6) is -2.56. The largest absolute Gasteiger partial charge is 0.497 e. The number of benzene rings is 3. The van der Waals surface area contributed by atoms with Crippen LogP contribution in [0.4, 0.5) is 20.2 Å². The van der Waals surface area contributed by atoms with Gasteiger partial charge in [0.25, 0.3) is 11.8 Å². The lowest BCUT2D eigenvalue weighted by molar-refractivity contribution is -0.120. The van der Waals surface area contributed by atoms with Crippen LogP contribution in [0.25, 0.3) is 5.57 Å². The summed E-state index contributed by atoms with van der Waals surface area (Å²) in [6.45, 7) is 0. The second-order valence-electron chi connectivity index (χ2n) is 6.89. The third kappa shape index (κ3) is 3.78. The zero-order chi connectivity index (χ0) is 22.8. The van der Waals surface area contributed by atoms with Crippen molar-refractivity contribution in [2.75, 3.05) is 24.4 Å². The molecule has 8 heteroatoms. The maximum Gasteiger partial charge on any atom is 0.282 e. The topological polar surface area (TPSA) is 67.9 Å². The smallest absolute Gasteiger partial charge is 0.282 e. The van der Waals surface area contributed by atoms with E-state index >= 15 is 0 Å². The second kappa shape index (κ2) is 8.50. The van der Waals surface area contributed by atoms with Crippen molar-refractivity contribution in [3.8, 4) is 11.5 Å². The molecular weight excluding hydrogens is 418 g/mol. The quantitative estimate of drug-likeness (QED) is 0.581. The van der Waals surface area contributed by atoms with E-state index in [2.05, 4.69) is 5.32 Å². The molecule has 0 aliphatic carbocycles. The van der Waals surface area contributed by atoms with Gasteiger partial charge in [-0.05, 0) is 17.7 Å². The van der Waals surface area contributed by atoms with Crippen LogP contribution < -0.4 is 19.7 Å². The lowest BCUT2D eigenvalue weighted by Crippen LogP contribution is -2.32. The van der Waals surface area contributed by atoms with Gasteiger partial charge in [-0.15, -0.1) is 0 Å². The molecule has 1 aliphatic rings. The fraction of sp³-hybridized carbons (Fsp3) is 0.0833. The maximum atomic E-state index is 13.7. The average Bonchev–Trinajstić information content (AvgIpc) is 3.05. The Morgan fingerprint density at radius 1 is 0.781 bits per heavy atom. The van der Waals surface area contributed by atoms with Gasteiger partial charge in [-0.3, -0.25) is 9.59 Å². The second-order valence-corrected chi connectivity index (χ2v) is 6.89. The molecule has 1 heterocycles. The summed E-state index contributed by atoms with van der Waals surface area (Å²) in [5, 5.41) is 2.79. The monoisotopic (exact) mass is 436 g/mol. The standard InChI is InChI=1S/C24H18F2N2O4/c1-31-17-11-16(12-18(13-17)32-2)28-23(29)21(14-6-4-3-5-7-14)22(24(28)30)27-15-8-9-19(25)20(26)10-15/h3-13,27H,1-2H3. The first kappa shape index (κ1) is 21.0. The molecule has 0 saturated heterocycles. The molecule has 0 spiro atoms. The normalized spacial score (nSPS) is 13.6. The fourth-order valence-corrected chi connectivity index (χ4v) is 3.39. The number of anilines is 2. The molecule has 0 saturated carbocycles. The van der Waals surface area contributed by atoms with E-state index in [9.17, 15) is 18.4 Å². The predicted octanol–water partition coefficient (Wildman–Crippen LogP) is 4.38. The Hall–Kier alpha value is -4.20. The molecule has 4 rings (SSSR count). The Balaban J connectivity index is 1.83. The molecule has 1 N–H and O–H groups in total. The minimum Gasteiger partial charge on any atom is -0.497 e. The first-order valence-electron chi connectivity index (χ1n) is 9.56. The summed E-state index contributed by atoms with van der Waals surface area (Å²) in [6.07, 6.45) is 0. The lowest BCUT2D eigenvalue weighted by atomic mass is 10.0. The number of ether oxygens (including phenoxy) is 2. The van der Waals surface area contributed by atoms with Crippen molar-refractivity contribution in [3.05, 3.63) is 89.6 Å². The molecular formula is C24H18F2N2O4. The third-order valence-electron chi connectivity index (χ3n) is 4.93. The summed E-state index contributed by atoms with van der Waals surface area (Å²) in [4.78, 5) is 27.8. The number of carbonyl (C=O) groups is 2. The first-order valence-corrected chi connectivity index (χ1v) is 9.56. The van der Waals surface area contributed by atoms with Gasteiger partial charge in [-0.2, -0.15) is 0 Å². The van der Waals surface area contributed by atoms with Crippen LogP contribution in [-0.4, -0.2) is 26.0 Å². The van der Waals surface area contributed by atoms with E-state index in [1.165, 1.54) is 32.4 Å². The highest BCUT2D eigenvalue weighted by Crippen LogP contribution is 2.37. The van der Waals surface area contributed by atoms with Crippen molar-refractivity contribution >= 4 is 28.8 Å². The van der Waals surface area contributed by atoms with Gasteiger partial charge in [0.05, 0.1) is 25.5 Å². The van der Waals surface area contributed by atoms with Crippen LogP contribution in [-0.2, 0) is 9.59 Å². The predicted molar refractivity (Wildman–Crippen MR) is 115 cm³/mol. The molecule has 3 aromatic rings. The molecule has 32 heavy (non-hydrogen) atoms. The van der Waals surface area contributed by atoms with Gasteiger partial charge >= 0.3 is 0 Å². The number of methoxy groups -OCH3 is 2. The molecule has 2 amide bonds. The highest BCUT2D eigenvalue weighted by atomic mass is 19.2. The maximum absolute atomic E-state index is 13.7. The fourth-order valence-electron chi connectivity index (χ4n) is 3.39. The molecule has 0 bridgehead atoms. The first-order chi connectivity index (χ1) is 15.4. The van der Waals surface area contributed by atoms with Crippen LogP contribution in [0.5, 0.6) is 11.5 Å². The number of imide groups is 1. The number of carbonyl (C=O) groups excluding carboxylic acids is 2. The van der Waals surface area contributed by atoms with Crippen LogP contribution >= 0.6 is 0 Å². The Kier molecular flexibility index (Phi) is 5.59. The zero-order valence-electron chi connectivity index (χ0n) is 17.2. The van der Waals surface area contributed by atoms with E-state index in [0.29, 0.717) is 17.1 Å². The minimum atomic E-state index is -1.08. The molecule has 162 valence electrons. The lowest BCUT2D eigenvalue weighted by Gasteiger charge is -2.17. The van der Waals surface area contributed by atoms with Gasteiger partial charge in [-0.25, -0.2) is 13.7 Å². The number of hydrogen-bond donors (Lipinski definition) is 1. The molecule has 1 aliphatic heterocycles. The molecule has 0 fully saturated rings. The van der Waals surface area contributed by atoms with Crippen molar-refractivity contribution in [2.45, 2.75) is 0 Å². The van der Waals surface area contributed by atoms with Crippen LogP contribution in [0, 0.1) is 11.6 Å². The summed E-state index contributed by atoms with van der Waals surface area (Å²) in [6, 6.07) is 16.4. The molecule has 0 unspecified atom stereocenters. The Morgan fingerprint density at radius 2 is 1.44 bits per heavy atom. The number of rotatable bonds is 6. The number of nitrogens with zero attached hydrogens (tertiary/aromatic N) is 1. The molecule has 0 atom stereocenters. The van der Waals surface area contributed by atoms with Crippen molar-refractivity contribution in [2.24, 2.45) is 0 Å². The van der Waals surface area contributed by atoms with Crippen molar-refractivity contribution in [1.29, 1.82) is 0 Å². The summed E-state index contributed by atoms with van der Waals surface area (Å²) < 4.78 is 37.6. The van der Waals surface area contributed by atoms with Crippen LogP contribution in [0.2, 0.25) is 0 Å². The summed E-state index contributed by atoms with van der Waals surface area (Å²) in [5.41, 5.74) is 0.898. The Morgan fingerprint density at radius 3 is 2.03 bits per heavy atom. The average molecular weight is 436 g/mol. The molecule has 0 radical (unpaired) electrons. The number of amides is 2. The van der Waals surface area contributed by atoms with Crippen LogP contribution in [0.3, 0.4) is 0 Å². The van der Waals surface area contributed by atoms with Gasteiger partial charge < -0.3 is 14.8 Å². The van der Waals surface area contributed by atoms with Crippen LogP contribution in [0.1, 0.15) is 5.56 Å². The Labute approximate surface area is 182 Å². The highest BCUT2D eigenvalue weighted by Gasteiger charge is 2.40. The van der Waals surface area contributed by atoms with E-state index in [0.717, 1.165) is 17.0 Å². The highest BCUT2D eigenvalue weighted by molar-refractivity contribution is 6.46. The zero-order valence-corrected chi connectivity index (χ0v) is 17.2. The van der Waals surface area contributed by atoms with Crippen molar-refractivity contribution in [3.63, 3.8) is 0 Å². The van der Waals surface area contributed by atoms with Crippen LogP contribution in [0.15, 0.2) is 72.4 Å². The number of halogens is 2. The van der Waals surface area contributed by atoms with Gasteiger partial charge in [0.1, 0.15) is 17.2 Å². The van der Waals surface area contributed by atoms with E-state index in [-0.39, 0.29) is 22.6 Å². The minimum absolute atomic E-state index is 0.0611. The summed E-state index contributed by atoms with van der Waals surface area (Å²) in [7, 11) is 2.91. The van der Waals surface area contributed by atoms with E-state index in [1.807, 2.05) is 0 Å². The molecule has 6 nitrogen and oxygen atoms in total. The number of nitrogens with one attached hydrogen (secondary N) is 1. The van der Waals surface area contributed by atoms with Crippen molar-refractivity contribution in [1.82, 2.24) is 0 Å².